The van der Waals surface area contributed by atoms with E-state index in [4.69, 9.17) is 0 Å². The van der Waals surface area contributed by atoms with E-state index in [1.807, 2.05) is 18.8 Å². The molecule has 0 aliphatic heterocycles. The van der Waals surface area contributed by atoms with Gasteiger partial charge in [0.15, 0.2) is 0 Å². The van der Waals surface area contributed by atoms with E-state index in [1.165, 1.54) is 32.1 Å². The van der Waals surface area contributed by atoms with Crippen LogP contribution in [-0.4, -0.2) is 32.0 Å². The van der Waals surface area contributed by atoms with Crippen LogP contribution in [0.3, 0.4) is 0 Å². The minimum Gasteiger partial charge on any atom is -0.363 e. The number of hydrogen-bond acceptors (Lipinski definition) is 5. The normalized spacial score (nSPS) is 17.9. The molecule has 0 amide bonds. The summed E-state index contributed by atoms with van der Waals surface area (Å²) in [7, 11) is 1.81. The molecule has 1 fully saturated rings. The summed E-state index contributed by atoms with van der Waals surface area (Å²) in [6.07, 6.45) is 8.27. The van der Waals surface area contributed by atoms with Gasteiger partial charge in [-0.25, -0.2) is 0 Å². The molecule has 0 radical (unpaired) electrons. The van der Waals surface area contributed by atoms with Gasteiger partial charge in [0.2, 0.25) is 11.6 Å². The summed E-state index contributed by atoms with van der Waals surface area (Å²) < 4.78 is 1.96. The van der Waals surface area contributed by atoms with Crippen LogP contribution in [0, 0.1) is 17.0 Å². The Morgan fingerprint density at radius 1 is 1.45 bits per heavy atom. The van der Waals surface area contributed by atoms with Crippen molar-refractivity contribution < 1.29 is 4.92 Å². The van der Waals surface area contributed by atoms with E-state index in [1.54, 1.807) is 11.5 Å². The first-order valence-electron chi connectivity index (χ1n) is 6.96. The molecule has 1 saturated carbocycles. The molecule has 0 unspecified atom stereocenters. The number of aromatic nitrogens is 2. The van der Waals surface area contributed by atoms with Crippen molar-refractivity contribution >= 4 is 23.4 Å². The van der Waals surface area contributed by atoms with Gasteiger partial charge in [0.05, 0.1) is 0 Å². The number of aryl methyl sites for hydroxylation is 1. The number of hydrogen-bond donors (Lipinski definition) is 1. The molecule has 0 atom stereocenters. The molecule has 6 nitrogen and oxygen atoms in total. The van der Waals surface area contributed by atoms with Crippen molar-refractivity contribution in [2.24, 2.45) is 7.05 Å². The molecule has 112 valence electrons. The second kappa shape index (κ2) is 6.03. The summed E-state index contributed by atoms with van der Waals surface area (Å²) in [5, 5.41) is 14.4. The molecule has 1 aromatic heterocycles. The van der Waals surface area contributed by atoms with Crippen molar-refractivity contribution in [2.75, 3.05) is 18.1 Å². The molecule has 1 aromatic rings. The highest BCUT2D eigenvalue weighted by molar-refractivity contribution is 8.00. The fraction of sp³-hybridized carbons (Fsp3) is 0.769. The molecule has 0 bridgehead atoms. The first kappa shape index (κ1) is 15.2. The van der Waals surface area contributed by atoms with Crippen molar-refractivity contribution in [2.45, 2.75) is 43.8 Å². The molecule has 1 aliphatic carbocycles. The van der Waals surface area contributed by atoms with Gasteiger partial charge in [0, 0.05) is 25.3 Å². The molecule has 7 heteroatoms. The van der Waals surface area contributed by atoms with Crippen molar-refractivity contribution in [3.8, 4) is 0 Å². The summed E-state index contributed by atoms with van der Waals surface area (Å²) in [4.78, 5) is 14.7. The molecular formula is C13H22N4O2S. The van der Waals surface area contributed by atoms with E-state index in [0.29, 0.717) is 11.6 Å². The van der Waals surface area contributed by atoms with E-state index in [-0.39, 0.29) is 10.6 Å². The van der Waals surface area contributed by atoms with Gasteiger partial charge in [-0.15, -0.1) is 0 Å². The second-order valence-electron chi connectivity index (χ2n) is 5.45. The Morgan fingerprint density at radius 3 is 2.65 bits per heavy atom. The van der Waals surface area contributed by atoms with Gasteiger partial charge in [-0.3, -0.25) is 4.57 Å². The summed E-state index contributed by atoms with van der Waals surface area (Å²) in [5.41, 5.74) is 0. The van der Waals surface area contributed by atoms with Crippen LogP contribution in [0.2, 0.25) is 0 Å². The Hall–Kier alpha value is -1.24. The fourth-order valence-corrected chi connectivity index (χ4v) is 3.73. The number of rotatable bonds is 5. The Morgan fingerprint density at radius 2 is 2.10 bits per heavy atom. The van der Waals surface area contributed by atoms with Gasteiger partial charge in [-0.1, -0.05) is 19.3 Å². The predicted octanol–water partition coefficient (Wildman–Crippen LogP) is 3.11. The van der Waals surface area contributed by atoms with Crippen molar-refractivity contribution in [1.82, 2.24) is 9.55 Å². The third-order valence-electron chi connectivity index (χ3n) is 4.25. The maximum absolute atomic E-state index is 11.1. The Balaban J connectivity index is 2.15. The number of thioether (sulfide) groups is 1. The SMILES string of the molecule is CSC1(CNc2c([N+](=O)[O-])nc(C)n2C)CCCCC1. The maximum Gasteiger partial charge on any atom is 0.406 e. The third kappa shape index (κ3) is 2.92. The van der Waals surface area contributed by atoms with Gasteiger partial charge in [-0.2, -0.15) is 11.8 Å². The van der Waals surface area contributed by atoms with Crippen LogP contribution < -0.4 is 5.32 Å². The average molecular weight is 298 g/mol. The topological polar surface area (TPSA) is 73.0 Å². The minimum absolute atomic E-state index is 0.0722. The predicted molar refractivity (Wildman–Crippen MR) is 82.4 cm³/mol. The van der Waals surface area contributed by atoms with Crippen LogP contribution in [0.5, 0.6) is 0 Å². The largest absolute Gasteiger partial charge is 0.406 e. The van der Waals surface area contributed by atoms with Crippen LogP contribution in [-0.2, 0) is 7.05 Å². The highest BCUT2D eigenvalue weighted by Crippen LogP contribution is 2.39. The monoisotopic (exact) mass is 298 g/mol. The molecule has 0 aromatic carbocycles. The zero-order valence-electron chi connectivity index (χ0n) is 12.3. The molecular weight excluding hydrogens is 276 g/mol. The van der Waals surface area contributed by atoms with E-state index < -0.39 is 4.92 Å². The molecule has 0 saturated heterocycles. The van der Waals surface area contributed by atoms with E-state index in [2.05, 4.69) is 16.6 Å². The van der Waals surface area contributed by atoms with Crippen molar-refractivity contribution in [3.05, 3.63) is 15.9 Å². The standard InChI is InChI=1S/C13H22N4O2S/c1-10-15-12(17(18)19)11(16(10)2)14-9-13(20-3)7-5-4-6-8-13/h14H,4-9H2,1-3H3. The zero-order valence-corrected chi connectivity index (χ0v) is 13.1. The van der Waals surface area contributed by atoms with Gasteiger partial charge >= 0.3 is 5.82 Å². The first-order chi connectivity index (χ1) is 9.49. The summed E-state index contributed by atoms with van der Waals surface area (Å²) >= 11 is 1.88. The highest BCUT2D eigenvalue weighted by atomic mass is 32.2. The summed E-state index contributed by atoms with van der Waals surface area (Å²) in [6, 6.07) is 0. The quantitative estimate of drug-likeness (QED) is 0.668. The number of nitrogens with zero attached hydrogens (tertiary/aromatic N) is 3. The molecule has 1 N–H and O–H groups in total. The lowest BCUT2D eigenvalue weighted by molar-refractivity contribution is -0.388. The van der Waals surface area contributed by atoms with Crippen molar-refractivity contribution in [3.63, 3.8) is 0 Å². The van der Waals surface area contributed by atoms with Crippen LogP contribution in [0.4, 0.5) is 11.6 Å². The fourth-order valence-electron chi connectivity index (χ4n) is 2.81. The number of nitrogens with one attached hydrogen (secondary N) is 1. The molecule has 1 aliphatic rings. The smallest absolute Gasteiger partial charge is 0.363 e. The zero-order chi connectivity index (χ0) is 14.8. The molecule has 20 heavy (non-hydrogen) atoms. The Kier molecular flexibility index (Phi) is 4.57. The van der Waals surface area contributed by atoms with E-state index in [9.17, 15) is 10.1 Å². The van der Waals surface area contributed by atoms with Gasteiger partial charge in [0.1, 0.15) is 0 Å². The second-order valence-corrected chi connectivity index (χ2v) is 6.72. The van der Waals surface area contributed by atoms with Gasteiger partial charge < -0.3 is 15.4 Å². The lowest BCUT2D eigenvalue weighted by Crippen LogP contribution is -2.36. The van der Waals surface area contributed by atoms with E-state index >= 15 is 0 Å². The van der Waals surface area contributed by atoms with Gasteiger partial charge in [-0.05, 0) is 29.0 Å². The molecule has 1 heterocycles. The van der Waals surface area contributed by atoms with Crippen LogP contribution in [0.25, 0.3) is 0 Å². The van der Waals surface area contributed by atoms with Gasteiger partial charge in [0.25, 0.3) is 0 Å². The molecule has 0 spiro atoms. The minimum atomic E-state index is -0.415. The number of nitro groups is 1. The van der Waals surface area contributed by atoms with E-state index in [0.717, 1.165) is 6.54 Å². The maximum atomic E-state index is 11.1. The lowest BCUT2D eigenvalue weighted by atomic mass is 9.88. The number of imidazole rings is 1. The van der Waals surface area contributed by atoms with Crippen molar-refractivity contribution in [1.29, 1.82) is 0 Å². The van der Waals surface area contributed by atoms with Crippen LogP contribution in [0.1, 0.15) is 37.9 Å². The Bertz CT molecular complexity index is 495. The lowest BCUT2D eigenvalue weighted by Gasteiger charge is -2.36. The third-order valence-corrected chi connectivity index (χ3v) is 5.67. The first-order valence-corrected chi connectivity index (χ1v) is 8.18. The summed E-state index contributed by atoms with van der Waals surface area (Å²) in [6.45, 7) is 2.54. The Labute approximate surface area is 123 Å². The van der Waals surface area contributed by atoms with Crippen LogP contribution >= 0.6 is 11.8 Å². The molecule has 2 rings (SSSR count). The number of anilines is 1. The van der Waals surface area contributed by atoms with Crippen LogP contribution in [0.15, 0.2) is 0 Å². The summed E-state index contributed by atoms with van der Waals surface area (Å²) in [5.74, 6) is 1.10. The average Bonchev–Trinajstić information content (AvgIpc) is 2.74. The highest BCUT2D eigenvalue weighted by Gasteiger charge is 2.33.